The molecule has 0 aliphatic rings. The number of nitrogen functional groups attached to an aromatic ring is 1. The molecule has 20 heavy (non-hydrogen) atoms. The van der Waals surface area contributed by atoms with Gasteiger partial charge >= 0.3 is 0 Å². The van der Waals surface area contributed by atoms with Gasteiger partial charge in [0.2, 0.25) is 0 Å². The highest BCUT2D eigenvalue weighted by Crippen LogP contribution is 2.35. The zero-order valence-corrected chi connectivity index (χ0v) is 12.5. The van der Waals surface area contributed by atoms with Crippen LogP contribution in [0, 0.1) is 5.82 Å². The van der Waals surface area contributed by atoms with Gasteiger partial charge in [0.25, 0.3) is 0 Å². The van der Waals surface area contributed by atoms with Crippen LogP contribution in [0.1, 0.15) is 18.6 Å². The molecule has 0 aliphatic heterocycles. The number of aromatic nitrogens is 2. The molecule has 0 saturated heterocycles. The molecular formula is C12H9Cl3FN3O. The maximum absolute atomic E-state index is 13.5. The fraction of sp³-hybridized carbons (Fsp3) is 0.167. The highest BCUT2D eigenvalue weighted by Gasteiger charge is 2.19. The Kier molecular flexibility index (Phi) is 4.52. The third-order valence-electron chi connectivity index (χ3n) is 2.55. The number of nitrogens with two attached hydrogens (primary N) is 1. The molecule has 0 amide bonds. The molecular weight excluding hydrogens is 328 g/mol. The van der Waals surface area contributed by atoms with Crippen LogP contribution in [0.2, 0.25) is 15.2 Å². The van der Waals surface area contributed by atoms with Gasteiger partial charge in [-0.3, -0.25) is 0 Å². The molecule has 0 fully saturated rings. The van der Waals surface area contributed by atoms with Crippen molar-refractivity contribution in [1.29, 1.82) is 0 Å². The van der Waals surface area contributed by atoms with Crippen LogP contribution in [0.3, 0.4) is 0 Å². The van der Waals surface area contributed by atoms with E-state index in [-0.39, 0.29) is 26.8 Å². The first-order valence-corrected chi connectivity index (χ1v) is 6.62. The van der Waals surface area contributed by atoms with Gasteiger partial charge in [0.05, 0.1) is 5.02 Å². The van der Waals surface area contributed by atoms with Gasteiger partial charge in [-0.15, -0.1) is 10.2 Å². The van der Waals surface area contributed by atoms with Gasteiger partial charge in [0, 0.05) is 16.7 Å². The summed E-state index contributed by atoms with van der Waals surface area (Å²) >= 11 is 17.6. The molecule has 1 aromatic carbocycles. The van der Waals surface area contributed by atoms with Gasteiger partial charge in [-0.25, -0.2) is 4.39 Å². The zero-order valence-electron chi connectivity index (χ0n) is 10.2. The van der Waals surface area contributed by atoms with Gasteiger partial charge in [-0.1, -0.05) is 34.8 Å². The number of benzene rings is 1. The fourth-order valence-corrected chi connectivity index (χ4v) is 2.44. The number of anilines is 1. The van der Waals surface area contributed by atoms with Crippen molar-refractivity contribution in [2.45, 2.75) is 13.0 Å². The Morgan fingerprint density at radius 1 is 1.25 bits per heavy atom. The summed E-state index contributed by atoms with van der Waals surface area (Å²) in [6.45, 7) is 1.65. The first-order chi connectivity index (χ1) is 9.40. The van der Waals surface area contributed by atoms with Crippen LogP contribution < -0.4 is 10.5 Å². The summed E-state index contributed by atoms with van der Waals surface area (Å²) in [7, 11) is 0. The van der Waals surface area contributed by atoms with E-state index >= 15 is 0 Å². The number of halogens is 4. The van der Waals surface area contributed by atoms with E-state index in [4.69, 9.17) is 45.3 Å². The van der Waals surface area contributed by atoms with Crippen LogP contribution in [-0.2, 0) is 0 Å². The third-order valence-corrected chi connectivity index (χ3v) is 3.44. The molecule has 0 radical (unpaired) electrons. The number of rotatable bonds is 3. The maximum atomic E-state index is 13.5. The summed E-state index contributed by atoms with van der Waals surface area (Å²) in [5.41, 5.74) is 5.94. The minimum atomic E-state index is -0.645. The minimum Gasteiger partial charge on any atom is -0.482 e. The predicted molar refractivity (Wildman–Crippen MR) is 76.9 cm³/mol. The van der Waals surface area contributed by atoms with Crippen LogP contribution in [0.15, 0.2) is 18.2 Å². The van der Waals surface area contributed by atoms with E-state index in [1.807, 2.05) is 0 Å². The second-order valence-electron chi connectivity index (χ2n) is 3.93. The average molecular weight is 337 g/mol. The van der Waals surface area contributed by atoms with Crippen molar-refractivity contribution in [2.75, 3.05) is 5.73 Å². The van der Waals surface area contributed by atoms with Gasteiger partial charge < -0.3 is 10.5 Å². The summed E-state index contributed by atoms with van der Waals surface area (Å²) in [4.78, 5) is 0. The molecule has 1 aromatic heterocycles. The normalized spacial score (nSPS) is 12.2. The van der Waals surface area contributed by atoms with Crippen molar-refractivity contribution in [2.24, 2.45) is 0 Å². The lowest BCUT2D eigenvalue weighted by Gasteiger charge is -2.18. The third kappa shape index (κ3) is 3.06. The SMILES string of the molecule is C[C@H](Oc1cc(Cl)nnc1N)c1c(Cl)ccc(F)c1Cl. The smallest absolute Gasteiger partial charge is 0.188 e. The second kappa shape index (κ2) is 5.99. The highest BCUT2D eigenvalue weighted by atomic mass is 35.5. The van der Waals surface area contributed by atoms with E-state index < -0.39 is 11.9 Å². The molecule has 0 unspecified atom stereocenters. The van der Waals surface area contributed by atoms with Crippen molar-refractivity contribution in [1.82, 2.24) is 10.2 Å². The van der Waals surface area contributed by atoms with Crippen molar-refractivity contribution < 1.29 is 9.13 Å². The van der Waals surface area contributed by atoms with Gasteiger partial charge in [0.1, 0.15) is 11.9 Å². The maximum Gasteiger partial charge on any atom is 0.188 e. The fourth-order valence-electron chi connectivity index (χ4n) is 1.62. The molecule has 0 saturated carbocycles. The highest BCUT2D eigenvalue weighted by molar-refractivity contribution is 6.36. The lowest BCUT2D eigenvalue weighted by atomic mass is 10.1. The van der Waals surface area contributed by atoms with Crippen LogP contribution in [0.5, 0.6) is 5.75 Å². The van der Waals surface area contributed by atoms with Crippen LogP contribution in [-0.4, -0.2) is 10.2 Å². The molecule has 106 valence electrons. The van der Waals surface area contributed by atoms with Crippen molar-refractivity contribution in [3.8, 4) is 5.75 Å². The summed E-state index contributed by atoms with van der Waals surface area (Å²) < 4.78 is 19.1. The van der Waals surface area contributed by atoms with E-state index in [1.54, 1.807) is 6.92 Å². The van der Waals surface area contributed by atoms with Crippen LogP contribution in [0.4, 0.5) is 10.2 Å². The second-order valence-corrected chi connectivity index (χ2v) is 5.11. The molecule has 1 atom stereocenters. The first kappa shape index (κ1) is 15.1. The van der Waals surface area contributed by atoms with Gasteiger partial charge in [-0.05, 0) is 19.1 Å². The molecule has 2 rings (SSSR count). The number of hydrogen-bond donors (Lipinski definition) is 1. The van der Waals surface area contributed by atoms with E-state index in [1.165, 1.54) is 18.2 Å². The van der Waals surface area contributed by atoms with Crippen molar-refractivity contribution in [3.63, 3.8) is 0 Å². The molecule has 0 bridgehead atoms. The lowest BCUT2D eigenvalue weighted by molar-refractivity contribution is 0.227. The molecule has 4 nitrogen and oxygen atoms in total. The van der Waals surface area contributed by atoms with Gasteiger partial charge in [-0.2, -0.15) is 0 Å². The monoisotopic (exact) mass is 335 g/mol. The molecule has 0 spiro atoms. The number of ether oxygens (including phenoxy) is 1. The van der Waals surface area contributed by atoms with Crippen molar-refractivity contribution >= 4 is 40.6 Å². The van der Waals surface area contributed by atoms with E-state index in [9.17, 15) is 4.39 Å². The topological polar surface area (TPSA) is 61.0 Å². The first-order valence-electron chi connectivity index (χ1n) is 5.49. The van der Waals surface area contributed by atoms with E-state index in [0.717, 1.165) is 0 Å². The summed E-state index contributed by atoms with van der Waals surface area (Å²) in [6.07, 6.45) is -0.645. The zero-order chi connectivity index (χ0) is 14.9. The van der Waals surface area contributed by atoms with Crippen molar-refractivity contribution in [3.05, 3.63) is 44.8 Å². The van der Waals surface area contributed by atoms with E-state index in [2.05, 4.69) is 10.2 Å². The van der Waals surface area contributed by atoms with Gasteiger partial charge in [0.15, 0.2) is 16.7 Å². The summed E-state index contributed by atoms with van der Waals surface area (Å²) in [6, 6.07) is 3.99. The summed E-state index contributed by atoms with van der Waals surface area (Å²) in [5.74, 6) is -0.306. The standard InChI is InChI=1S/C12H9Cl3FN3O/c1-5(10-6(13)2-3-7(16)11(10)15)20-8-4-9(14)18-19-12(8)17/h2-5H,1H3,(H2,17,19)/t5-/m0/s1. The molecule has 1 heterocycles. The van der Waals surface area contributed by atoms with Crippen LogP contribution in [0.25, 0.3) is 0 Å². The number of nitrogens with zero attached hydrogens (tertiary/aromatic N) is 2. The van der Waals surface area contributed by atoms with E-state index in [0.29, 0.717) is 5.56 Å². The molecule has 0 aliphatic carbocycles. The Morgan fingerprint density at radius 2 is 1.95 bits per heavy atom. The minimum absolute atomic E-state index is 0.0601. The quantitative estimate of drug-likeness (QED) is 0.849. The lowest BCUT2D eigenvalue weighted by Crippen LogP contribution is -2.08. The van der Waals surface area contributed by atoms with Crippen LogP contribution >= 0.6 is 34.8 Å². The molecule has 2 N–H and O–H groups in total. The number of hydrogen-bond acceptors (Lipinski definition) is 4. The predicted octanol–water partition coefficient (Wildman–Crippen LogP) is 4.30. The average Bonchev–Trinajstić information content (AvgIpc) is 2.39. The molecule has 8 heteroatoms. The molecule has 2 aromatic rings. The Hall–Kier alpha value is -1.30. The Balaban J connectivity index is 2.35. The summed E-state index contributed by atoms with van der Waals surface area (Å²) in [5, 5.41) is 7.50. The Morgan fingerprint density at radius 3 is 2.65 bits per heavy atom. The largest absolute Gasteiger partial charge is 0.482 e. The Labute approximate surface area is 129 Å². The Bertz CT molecular complexity index is 654.